The molecule has 0 spiro atoms. The Kier molecular flexibility index (Phi) is 5.91. The van der Waals surface area contributed by atoms with E-state index in [1.165, 1.54) is 10.3 Å². The van der Waals surface area contributed by atoms with Gasteiger partial charge in [-0.15, -0.1) is 0 Å². The summed E-state index contributed by atoms with van der Waals surface area (Å²) in [6, 6.07) is 16.3. The fourth-order valence-corrected chi connectivity index (χ4v) is 4.79. The van der Waals surface area contributed by atoms with Gasteiger partial charge in [-0.1, -0.05) is 48.9 Å². The van der Waals surface area contributed by atoms with Crippen LogP contribution >= 0.6 is 11.3 Å². The number of rotatable bonds is 6. The van der Waals surface area contributed by atoms with E-state index in [0.29, 0.717) is 5.92 Å². The van der Waals surface area contributed by atoms with Gasteiger partial charge in [0.25, 0.3) is 5.91 Å². The van der Waals surface area contributed by atoms with Crippen molar-refractivity contribution in [3.05, 3.63) is 59.7 Å². The van der Waals surface area contributed by atoms with Crippen molar-refractivity contribution in [2.45, 2.75) is 32.6 Å². The van der Waals surface area contributed by atoms with E-state index in [0.717, 1.165) is 61.5 Å². The summed E-state index contributed by atoms with van der Waals surface area (Å²) in [7, 11) is 0. The number of para-hydroxylation sites is 1. The second kappa shape index (κ2) is 8.74. The zero-order valence-electron chi connectivity index (χ0n) is 16.4. The molecule has 1 fully saturated rings. The van der Waals surface area contributed by atoms with Gasteiger partial charge in [-0.25, -0.2) is 4.98 Å². The van der Waals surface area contributed by atoms with E-state index < -0.39 is 0 Å². The molecular weight excluding hydrogens is 366 g/mol. The quantitative estimate of drug-likeness (QED) is 0.648. The Labute approximate surface area is 170 Å². The van der Waals surface area contributed by atoms with Crippen LogP contribution in [-0.2, 0) is 6.42 Å². The van der Waals surface area contributed by atoms with Crippen LogP contribution < -0.4 is 10.2 Å². The van der Waals surface area contributed by atoms with Crippen molar-refractivity contribution in [1.29, 1.82) is 0 Å². The lowest BCUT2D eigenvalue weighted by molar-refractivity contribution is 0.0945. The Morgan fingerprint density at radius 3 is 2.61 bits per heavy atom. The van der Waals surface area contributed by atoms with Crippen molar-refractivity contribution in [1.82, 2.24) is 10.3 Å². The smallest absolute Gasteiger partial charge is 0.251 e. The largest absolute Gasteiger partial charge is 0.352 e. The maximum absolute atomic E-state index is 12.4. The van der Waals surface area contributed by atoms with Crippen LogP contribution in [0.25, 0.3) is 10.2 Å². The van der Waals surface area contributed by atoms with E-state index in [-0.39, 0.29) is 5.91 Å². The summed E-state index contributed by atoms with van der Waals surface area (Å²) in [6.07, 6.45) is 4.37. The standard InChI is InChI=1S/C23H27N3OS/c1-2-5-17-8-10-19(11-9-17)22(27)24-16-18-12-14-26(15-13-18)23-25-20-6-3-4-7-21(20)28-23/h3-4,6-11,18H,2,5,12-16H2,1H3,(H,24,27). The van der Waals surface area contributed by atoms with Crippen LogP contribution in [0.5, 0.6) is 0 Å². The predicted molar refractivity (Wildman–Crippen MR) is 117 cm³/mol. The highest BCUT2D eigenvalue weighted by atomic mass is 32.1. The molecule has 3 aromatic rings. The molecule has 28 heavy (non-hydrogen) atoms. The van der Waals surface area contributed by atoms with Crippen molar-refractivity contribution in [3.8, 4) is 0 Å². The minimum atomic E-state index is 0.0386. The number of benzene rings is 2. The lowest BCUT2D eigenvalue weighted by atomic mass is 9.97. The van der Waals surface area contributed by atoms with Crippen LogP contribution in [0.1, 0.15) is 42.1 Å². The van der Waals surface area contributed by atoms with Crippen molar-refractivity contribution < 1.29 is 4.79 Å². The highest BCUT2D eigenvalue weighted by Crippen LogP contribution is 2.31. The first kappa shape index (κ1) is 18.9. The number of anilines is 1. The molecule has 2 aromatic carbocycles. The number of nitrogens with zero attached hydrogens (tertiary/aromatic N) is 2. The average Bonchev–Trinajstić information content (AvgIpc) is 3.17. The number of aryl methyl sites for hydroxylation is 1. The topological polar surface area (TPSA) is 45.2 Å². The summed E-state index contributed by atoms with van der Waals surface area (Å²) in [6.45, 7) is 4.93. The van der Waals surface area contributed by atoms with Crippen LogP contribution in [0.3, 0.4) is 0 Å². The van der Waals surface area contributed by atoms with Crippen LogP contribution in [0.2, 0.25) is 0 Å². The number of aromatic nitrogens is 1. The monoisotopic (exact) mass is 393 g/mol. The van der Waals surface area contributed by atoms with Gasteiger partial charge in [0.2, 0.25) is 0 Å². The number of thiazole rings is 1. The Morgan fingerprint density at radius 2 is 1.89 bits per heavy atom. The Balaban J connectivity index is 1.26. The SMILES string of the molecule is CCCc1ccc(C(=O)NCC2CCN(c3nc4ccccc4s3)CC2)cc1. The molecule has 5 heteroatoms. The Morgan fingerprint density at radius 1 is 1.14 bits per heavy atom. The van der Waals surface area contributed by atoms with Gasteiger partial charge in [-0.05, 0) is 55.0 Å². The highest BCUT2D eigenvalue weighted by molar-refractivity contribution is 7.22. The molecule has 0 saturated carbocycles. The first-order chi connectivity index (χ1) is 13.7. The van der Waals surface area contributed by atoms with Crippen molar-refractivity contribution >= 4 is 32.6 Å². The molecule has 0 bridgehead atoms. The van der Waals surface area contributed by atoms with E-state index in [4.69, 9.17) is 4.98 Å². The Bertz CT molecular complexity index is 893. The summed E-state index contributed by atoms with van der Waals surface area (Å²) in [5.41, 5.74) is 3.13. The number of piperidine rings is 1. The first-order valence-electron chi connectivity index (χ1n) is 10.2. The minimum absolute atomic E-state index is 0.0386. The average molecular weight is 394 g/mol. The van der Waals surface area contributed by atoms with Crippen molar-refractivity contribution in [2.24, 2.45) is 5.92 Å². The maximum atomic E-state index is 12.4. The first-order valence-corrected chi connectivity index (χ1v) is 11.0. The third-order valence-corrected chi connectivity index (χ3v) is 6.57. The normalized spacial score (nSPS) is 15.1. The summed E-state index contributed by atoms with van der Waals surface area (Å²) in [4.78, 5) is 19.6. The lowest BCUT2D eigenvalue weighted by Crippen LogP contribution is -2.38. The number of hydrogen-bond donors (Lipinski definition) is 1. The van der Waals surface area contributed by atoms with Gasteiger partial charge >= 0.3 is 0 Å². The van der Waals surface area contributed by atoms with Crippen molar-refractivity contribution in [2.75, 3.05) is 24.5 Å². The van der Waals surface area contributed by atoms with Gasteiger partial charge in [0.05, 0.1) is 10.2 Å². The molecular formula is C23H27N3OS. The lowest BCUT2D eigenvalue weighted by Gasteiger charge is -2.31. The molecule has 0 radical (unpaired) electrons. The molecule has 4 rings (SSSR count). The van der Waals surface area contributed by atoms with Crippen LogP contribution in [0.4, 0.5) is 5.13 Å². The molecule has 1 amide bonds. The molecule has 0 unspecified atom stereocenters. The number of amides is 1. The maximum Gasteiger partial charge on any atom is 0.251 e. The summed E-state index contributed by atoms with van der Waals surface area (Å²) < 4.78 is 1.25. The van der Waals surface area contributed by atoms with E-state index in [9.17, 15) is 4.79 Å². The molecule has 1 saturated heterocycles. The number of fused-ring (bicyclic) bond motifs is 1. The summed E-state index contributed by atoms with van der Waals surface area (Å²) >= 11 is 1.77. The van der Waals surface area contributed by atoms with E-state index in [2.05, 4.69) is 47.5 Å². The zero-order chi connectivity index (χ0) is 19.3. The summed E-state index contributed by atoms with van der Waals surface area (Å²) in [5.74, 6) is 0.575. The number of carbonyl (C=O) groups excluding carboxylic acids is 1. The van der Waals surface area contributed by atoms with E-state index >= 15 is 0 Å². The molecule has 2 heterocycles. The fourth-order valence-electron chi connectivity index (χ4n) is 3.77. The third kappa shape index (κ3) is 4.36. The van der Waals surface area contributed by atoms with Gasteiger partial charge in [0, 0.05) is 25.2 Å². The van der Waals surface area contributed by atoms with Crippen molar-refractivity contribution in [3.63, 3.8) is 0 Å². The van der Waals surface area contributed by atoms with Gasteiger partial charge in [0.1, 0.15) is 0 Å². The molecule has 1 aliphatic heterocycles. The van der Waals surface area contributed by atoms with Gasteiger partial charge < -0.3 is 10.2 Å². The zero-order valence-corrected chi connectivity index (χ0v) is 17.2. The highest BCUT2D eigenvalue weighted by Gasteiger charge is 2.22. The minimum Gasteiger partial charge on any atom is -0.352 e. The molecule has 4 nitrogen and oxygen atoms in total. The second-order valence-corrected chi connectivity index (χ2v) is 8.56. The van der Waals surface area contributed by atoms with Crippen LogP contribution in [0, 0.1) is 5.92 Å². The van der Waals surface area contributed by atoms with Crippen LogP contribution in [0.15, 0.2) is 48.5 Å². The van der Waals surface area contributed by atoms with Gasteiger partial charge in [-0.3, -0.25) is 4.79 Å². The molecule has 1 N–H and O–H groups in total. The van der Waals surface area contributed by atoms with Gasteiger partial charge in [-0.2, -0.15) is 0 Å². The van der Waals surface area contributed by atoms with E-state index in [1.807, 2.05) is 18.2 Å². The molecule has 0 aliphatic carbocycles. The third-order valence-electron chi connectivity index (χ3n) is 5.47. The number of nitrogens with one attached hydrogen (secondary N) is 1. The molecule has 146 valence electrons. The predicted octanol–water partition coefficient (Wildman–Crippen LogP) is 4.90. The summed E-state index contributed by atoms with van der Waals surface area (Å²) in [5, 5.41) is 4.25. The van der Waals surface area contributed by atoms with Crippen LogP contribution in [-0.4, -0.2) is 30.5 Å². The molecule has 0 atom stereocenters. The van der Waals surface area contributed by atoms with E-state index in [1.54, 1.807) is 11.3 Å². The molecule has 1 aromatic heterocycles. The number of hydrogen-bond acceptors (Lipinski definition) is 4. The Hall–Kier alpha value is -2.40. The van der Waals surface area contributed by atoms with Gasteiger partial charge in [0.15, 0.2) is 5.13 Å². The molecule has 1 aliphatic rings. The fraction of sp³-hybridized carbons (Fsp3) is 0.391. The number of carbonyl (C=O) groups is 1. The second-order valence-electron chi connectivity index (χ2n) is 7.55.